The second-order valence-electron chi connectivity index (χ2n) is 6.53. The van der Waals surface area contributed by atoms with Crippen LogP contribution in [-0.2, 0) is 16.0 Å². The first-order valence-corrected chi connectivity index (χ1v) is 8.73. The lowest BCUT2D eigenvalue weighted by Crippen LogP contribution is -2.52. The molecule has 1 N–H and O–H groups in total. The van der Waals surface area contributed by atoms with Crippen molar-refractivity contribution >= 4 is 23.0 Å². The monoisotopic (exact) mass is 362 g/mol. The molecule has 2 aromatic rings. The number of carbonyl (C=O) groups is 2. The van der Waals surface area contributed by atoms with Gasteiger partial charge in [-0.1, -0.05) is 0 Å². The number of H-pyrrole nitrogens is 1. The highest BCUT2D eigenvalue weighted by Gasteiger charge is 2.34. The van der Waals surface area contributed by atoms with Crippen LogP contribution >= 0.6 is 0 Å². The Morgan fingerprint density at radius 1 is 1.42 bits per heavy atom. The number of likely N-dealkylation sites (tertiary alicyclic amines) is 1. The van der Waals surface area contributed by atoms with E-state index in [2.05, 4.69) is 9.97 Å². The second-order valence-corrected chi connectivity index (χ2v) is 6.53. The number of benzene rings is 1. The lowest BCUT2D eigenvalue weighted by atomic mass is 10.0. The fourth-order valence-electron chi connectivity index (χ4n) is 3.32. The molecule has 0 bridgehead atoms. The standard InChI is InChI=1S/C18H23FN4O3/c1-22(17(24)15-5-3-4-9-23(15)18(25)26-2)10-8-16-20-13-7-6-12(19)11-14(13)21-16/h6-7,11,15H,3-5,8-10H2,1-2H3,(H,20,21)/t15-/m0/s1. The number of likely N-dealkylation sites (N-methyl/N-ethyl adjacent to an activating group) is 1. The van der Waals surface area contributed by atoms with Crippen LogP contribution in [0.15, 0.2) is 18.2 Å². The quantitative estimate of drug-likeness (QED) is 0.905. The fourth-order valence-corrected chi connectivity index (χ4v) is 3.32. The Morgan fingerprint density at radius 2 is 2.23 bits per heavy atom. The number of hydrogen-bond donors (Lipinski definition) is 1. The molecule has 3 rings (SSSR count). The van der Waals surface area contributed by atoms with Gasteiger partial charge in [-0.2, -0.15) is 0 Å². The molecule has 7 nitrogen and oxygen atoms in total. The SMILES string of the molecule is COC(=O)N1CCCC[C@H]1C(=O)N(C)CCc1nc2ccc(F)cc2[nH]1. The van der Waals surface area contributed by atoms with E-state index >= 15 is 0 Å². The van der Waals surface area contributed by atoms with E-state index in [4.69, 9.17) is 4.74 Å². The molecule has 8 heteroatoms. The number of fused-ring (bicyclic) bond motifs is 1. The molecule has 1 aromatic heterocycles. The summed E-state index contributed by atoms with van der Waals surface area (Å²) in [7, 11) is 3.04. The third kappa shape index (κ3) is 3.79. The third-order valence-electron chi connectivity index (χ3n) is 4.75. The van der Waals surface area contributed by atoms with E-state index in [0.717, 1.165) is 12.8 Å². The molecule has 0 unspecified atom stereocenters. The van der Waals surface area contributed by atoms with Crippen LogP contribution in [0.1, 0.15) is 25.1 Å². The Labute approximate surface area is 151 Å². The van der Waals surface area contributed by atoms with Crippen LogP contribution in [0.4, 0.5) is 9.18 Å². The van der Waals surface area contributed by atoms with Crippen LogP contribution in [0.2, 0.25) is 0 Å². The van der Waals surface area contributed by atoms with Crippen molar-refractivity contribution in [1.82, 2.24) is 19.8 Å². The molecule has 1 aliphatic rings. The molecule has 1 saturated heterocycles. The number of halogens is 1. The highest BCUT2D eigenvalue weighted by molar-refractivity contribution is 5.85. The van der Waals surface area contributed by atoms with Crippen molar-refractivity contribution in [3.8, 4) is 0 Å². The molecule has 0 spiro atoms. The number of imidazole rings is 1. The number of nitrogens with one attached hydrogen (secondary N) is 1. The van der Waals surface area contributed by atoms with E-state index in [9.17, 15) is 14.0 Å². The molecule has 26 heavy (non-hydrogen) atoms. The van der Waals surface area contributed by atoms with Crippen LogP contribution in [-0.4, -0.2) is 65.1 Å². The molecular weight excluding hydrogens is 339 g/mol. The summed E-state index contributed by atoms with van der Waals surface area (Å²) >= 11 is 0. The first-order valence-electron chi connectivity index (χ1n) is 8.73. The Morgan fingerprint density at radius 3 is 3.00 bits per heavy atom. The molecule has 1 aromatic carbocycles. The topological polar surface area (TPSA) is 78.5 Å². The molecule has 0 saturated carbocycles. The maximum atomic E-state index is 13.3. The van der Waals surface area contributed by atoms with Crippen molar-refractivity contribution in [3.63, 3.8) is 0 Å². The molecule has 0 aliphatic carbocycles. The minimum atomic E-state index is -0.481. The van der Waals surface area contributed by atoms with E-state index in [1.54, 1.807) is 18.0 Å². The largest absolute Gasteiger partial charge is 0.453 e. The van der Waals surface area contributed by atoms with E-state index in [1.807, 2.05) is 0 Å². The molecule has 0 radical (unpaired) electrons. The first-order chi connectivity index (χ1) is 12.5. The molecule has 2 heterocycles. The number of ether oxygens (including phenoxy) is 1. The predicted octanol–water partition coefficient (Wildman–Crippen LogP) is 2.32. The molecule has 2 amide bonds. The lowest BCUT2D eigenvalue weighted by molar-refractivity contribution is -0.136. The number of carbonyl (C=O) groups excluding carboxylic acids is 2. The van der Waals surface area contributed by atoms with Crippen LogP contribution in [0, 0.1) is 5.82 Å². The third-order valence-corrected chi connectivity index (χ3v) is 4.75. The van der Waals surface area contributed by atoms with Crippen molar-refractivity contribution in [1.29, 1.82) is 0 Å². The summed E-state index contributed by atoms with van der Waals surface area (Å²) in [6.45, 7) is 0.985. The summed E-state index contributed by atoms with van der Waals surface area (Å²) in [5.41, 5.74) is 1.33. The zero-order valence-electron chi connectivity index (χ0n) is 15.0. The average Bonchev–Trinajstić information content (AvgIpc) is 3.06. The van der Waals surface area contributed by atoms with Gasteiger partial charge >= 0.3 is 6.09 Å². The van der Waals surface area contributed by atoms with Crippen molar-refractivity contribution in [2.24, 2.45) is 0 Å². The summed E-state index contributed by atoms with van der Waals surface area (Å²) in [6, 6.07) is 3.91. The van der Waals surface area contributed by atoms with Gasteiger partial charge in [0.1, 0.15) is 17.7 Å². The highest BCUT2D eigenvalue weighted by atomic mass is 19.1. The van der Waals surface area contributed by atoms with Crippen LogP contribution in [0.25, 0.3) is 11.0 Å². The highest BCUT2D eigenvalue weighted by Crippen LogP contribution is 2.20. The minimum absolute atomic E-state index is 0.0998. The number of hydrogen-bond acceptors (Lipinski definition) is 4. The first kappa shape index (κ1) is 18.2. The number of rotatable bonds is 4. The van der Waals surface area contributed by atoms with Gasteiger partial charge in [0.05, 0.1) is 18.1 Å². The predicted molar refractivity (Wildman–Crippen MR) is 94.1 cm³/mol. The molecule has 1 atom stereocenters. The lowest BCUT2D eigenvalue weighted by Gasteiger charge is -2.35. The van der Waals surface area contributed by atoms with Gasteiger partial charge in [0, 0.05) is 26.6 Å². The number of methoxy groups -OCH3 is 1. The van der Waals surface area contributed by atoms with Crippen molar-refractivity contribution in [2.75, 3.05) is 27.2 Å². The van der Waals surface area contributed by atoms with Gasteiger partial charge < -0.3 is 14.6 Å². The van der Waals surface area contributed by atoms with Gasteiger partial charge in [-0.05, 0) is 37.5 Å². The van der Waals surface area contributed by atoms with E-state index in [0.29, 0.717) is 42.8 Å². The Balaban J connectivity index is 1.63. The average molecular weight is 362 g/mol. The number of aromatic amines is 1. The Kier molecular flexibility index (Phi) is 5.39. The van der Waals surface area contributed by atoms with Gasteiger partial charge in [-0.25, -0.2) is 14.2 Å². The molecule has 140 valence electrons. The van der Waals surface area contributed by atoms with E-state index in [1.165, 1.54) is 24.1 Å². The van der Waals surface area contributed by atoms with E-state index in [-0.39, 0.29) is 11.7 Å². The zero-order chi connectivity index (χ0) is 18.7. The minimum Gasteiger partial charge on any atom is -0.453 e. The zero-order valence-corrected chi connectivity index (χ0v) is 15.0. The van der Waals surface area contributed by atoms with Crippen LogP contribution < -0.4 is 0 Å². The Hall–Kier alpha value is -2.64. The van der Waals surface area contributed by atoms with Gasteiger partial charge in [-0.3, -0.25) is 9.69 Å². The summed E-state index contributed by atoms with van der Waals surface area (Å²) in [5.74, 6) is 0.274. The van der Waals surface area contributed by atoms with Crippen molar-refractivity contribution < 1.29 is 18.7 Å². The van der Waals surface area contributed by atoms with Crippen LogP contribution in [0.3, 0.4) is 0 Å². The maximum Gasteiger partial charge on any atom is 0.410 e. The molecule has 1 fully saturated rings. The van der Waals surface area contributed by atoms with Gasteiger partial charge in [0.2, 0.25) is 5.91 Å². The second kappa shape index (κ2) is 7.72. The van der Waals surface area contributed by atoms with Gasteiger partial charge in [0.15, 0.2) is 0 Å². The summed E-state index contributed by atoms with van der Waals surface area (Å²) < 4.78 is 18.1. The fraction of sp³-hybridized carbons (Fsp3) is 0.500. The van der Waals surface area contributed by atoms with Crippen LogP contribution in [0.5, 0.6) is 0 Å². The van der Waals surface area contributed by atoms with Gasteiger partial charge in [0.25, 0.3) is 0 Å². The molecular formula is C18H23FN4O3. The summed E-state index contributed by atoms with van der Waals surface area (Å²) in [6.07, 6.45) is 2.48. The number of aromatic nitrogens is 2. The summed E-state index contributed by atoms with van der Waals surface area (Å²) in [4.78, 5) is 35.3. The summed E-state index contributed by atoms with van der Waals surface area (Å²) in [5, 5.41) is 0. The number of nitrogens with zero attached hydrogens (tertiary/aromatic N) is 3. The van der Waals surface area contributed by atoms with E-state index < -0.39 is 12.1 Å². The van der Waals surface area contributed by atoms with Gasteiger partial charge in [-0.15, -0.1) is 0 Å². The van der Waals surface area contributed by atoms with Crippen molar-refractivity contribution in [2.45, 2.75) is 31.7 Å². The molecule has 1 aliphatic heterocycles. The number of piperidine rings is 1. The van der Waals surface area contributed by atoms with Crippen molar-refractivity contribution in [3.05, 3.63) is 29.8 Å². The normalized spacial score (nSPS) is 17.3. The smallest absolute Gasteiger partial charge is 0.410 e. The number of amides is 2. The maximum absolute atomic E-state index is 13.3. The Bertz CT molecular complexity index is 807.